The van der Waals surface area contributed by atoms with Crippen LogP contribution in [0.4, 0.5) is 0 Å². The fraction of sp³-hybridized carbons (Fsp3) is 0.571. The van der Waals surface area contributed by atoms with Gasteiger partial charge in [0.1, 0.15) is 5.75 Å². The average Bonchev–Trinajstić information content (AvgIpc) is 2.36. The molecule has 2 heteroatoms. The summed E-state index contributed by atoms with van der Waals surface area (Å²) in [5, 5.41) is 0. The van der Waals surface area contributed by atoms with Crippen LogP contribution in [0.1, 0.15) is 24.5 Å². The highest BCUT2D eigenvalue weighted by molar-refractivity contribution is 5.37. The second kappa shape index (κ2) is 4.88. The number of hydrogen-bond donors (Lipinski definition) is 1. The lowest BCUT2D eigenvalue weighted by Crippen LogP contribution is -2.26. The van der Waals surface area contributed by atoms with Crippen LogP contribution in [0.5, 0.6) is 5.75 Å². The fourth-order valence-electron chi connectivity index (χ4n) is 2.57. The number of rotatable bonds is 3. The van der Waals surface area contributed by atoms with Crippen LogP contribution in [0.15, 0.2) is 18.2 Å². The maximum absolute atomic E-state index is 5.75. The first-order valence-corrected chi connectivity index (χ1v) is 6.10. The molecule has 0 saturated carbocycles. The summed E-state index contributed by atoms with van der Waals surface area (Å²) >= 11 is 0. The zero-order valence-corrected chi connectivity index (χ0v) is 10.2. The normalized spacial score (nSPS) is 21.3. The standard InChI is InChI=1S/C14H21NO/c1-10(9-15)12-4-3-11-5-6-14(16-2)8-13(11)7-12/h5-6,8,10,12H,3-4,7,9,15H2,1-2H3. The molecule has 0 saturated heterocycles. The van der Waals surface area contributed by atoms with Gasteiger partial charge in [-0.1, -0.05) is 13.0 Å². The number of nitrogens with two attached hydrogens (primary N) is 1. The van der Waals surface area contributed by atoms with Gasteiger partial charge < -0.3 is 10.5 Å². The predicted octanol–water partition coefficient (Wildman–Crippen LogP) is 2.39. The van der Waals surface area contributed by atoms with Gasteiger partial charge in [0.2, 0.25) is 0 Å². The Bertz CT molecular complexity index is 362. The molecule has 0 spiro atoms. The number of benzene rings is 1. The van der Waals surface area contributed by atoms with Crippen LogP contribution in [0.3, 0.4) is 0 Å². The molecule has 2 unspecified atom stereocenters. The van der Waals surface area contributed by atoms with E-state index in [0.717, 1.165) is 24.6 Å². The molecule has 2 nitrogen and oxygen atoms in total. The van der Waals surface area contributed by atoms with E-state index in [1.165, 1.54) is 24.0 Å². The topological polar surface area (TPSA) is 35.2 Å². The van der Waals surface area contributed by atoms with Crippen LogP contribution in [0.25, 0.3) is 0 Å². The summed E-state index contributed by atoms with van der Waals surface area (Å²) < 4.78 is 5.28. The van der Waals surface area contributed by atoms with Crippen LogP contribution in [-0.2, 0) is 12.8 Å². The molecule has 2 atom stereocenters. The van der Waals surface area contributed by atoms with Gasteiger partial charge >= 0.3 is 0 Å². The summed E-state index contributed by atoms with van der Waals surface area (Å²) in [6, 6.07) is 6.45. The molecular weight excluding hydrogens is 198 g/mol. The SMILES string of the molecule is COc1ccc2c(c1)CC(C(C)CN)CC2. The van der Waals surface area contributed by atoms with Crippen molar-refractivity contribution in [3.8, 4) is 5.75 Å². The second-order valence-electron chi connectivity index (χ2n) is 4.85. The molecule has 0 heterocycles. The van der Waals surface area contributed by atoms with Crippen LogP contribution in [0.2, 0.25) is 0 Å². The van der Waals surface area contributed by atoms with E-state index in [-0.39, 0.29) is 0 Å². The highest BCUT2D eigenvalue weighted by Gasteiger charge is 2.22. The summed E-state index contributed by atoms with van der Waals surface area (Å²) in [7, 11) is 1.73. The van der Waals surface area contributed by atoms with Gasteiger partial charge in [0.15, 0.2) is 0 Å². The molecule has 0 fully saturated rings. The number of aryl methyl sites for hydroxylation is 1. The molecule has 16 heavy (non-hydrogen) atoms. The van der Waals surface area contributed by atoms with Gasteiger partial charge in [-0.15, -0.1) is 0 Å². The van der Waals surface area contributed by atoms with Crippen molar-refractivity contribution in [1.29, 1.82) is 0 Å². The zero-order valence-electron chi connectivity index (χ0n) is 10.2. The molecule has 2 N–H and O–H groups in total. The highest BCUT2D eigenvalue weighted by atomic mass is 16.5. The van der Waals surface area contributed by atoms with E-state index in [2.05, 4.69) is 25.1 Å². The van der Waals surface area contributed by atoms with Crippen LogP contribution in [-0.4, -0.2) is 13.7 Å². The Morgan fingerprint density at radius 1 is 1.44 bits per heavy atom. The van der Waals surface area contributed by atoms with Crippen molar-refractivity contribution in [1.82, 2.24) is 0 Å². The van der Waals surface area contributed by atoms with E-state index in [4.69, 9.17) is 10.5 Å². The first-order chi connectivity index (χ1) is 7.74. The number of ether oxygens (including phenoxy) is 1. The maximum atomic E-state index is 5.75. The van der Waals surface area contributed by atoms with Gasteiger partial charge in [0.25, 0.3) is 0 Å². The lowest BCUT2D eigenvalue weighted by Gasteiger charge is -2.29. The molecule has 1 aliphatic carbocycles. The van der Waals surface area contributed by atoms with Crippen molar-refractivity contribution >= 4 is 0 Å². The summed E-state index contributed by atoms with van der Waals surface area (Å²) in [6.45, 7) is 3.06. The Morgan fingerprint density at radius 3 is 2.94 bits per heavy atom. The molecule has 1 aromatic carbocycles. The van der Waals surface area contributed by atoms with Gasteiger partial charge in [0.05, 0.1) is 7.11 Å². The molecule has 1 aromatic rings. The molecular formula is C14H21NO. The average molecular weight is 219 g/mol. The van der Waals surface area contributed by atoms with E-state index in [1.807, 2.05) is 0 Å². The van der Waals surface area contributed by atoms with E-state index in [0.29, 0.717) is 5.92 Å². The maximum Gasteiger partial charge on any atom is 0.119 e. The first kappa shape index (κ1) is 11.5. The fourth-order valence-corrected chi connectivity index (χ4v) is 2.57. The summed E-state index contributed by atoms with van der Waals surface area (Å²) in [5.41, 5.74) is 8.70. The van der Waals surface area contributed by atoms with E-state index in [9.17, 15) is 0 Å². The Morgan fingerprint density at radius 2 is 2.25 bits per heavy atom. The molecule has 2 rings (SSSR count). The Hall–Kier alpha value is -1.02. The monoisotopic (exact) mass is 219 g/mol. The molecule has 0 bridgehead atoms. The van der Waals surface area contributed by atoms with Gasteiger partial charge in [0, 0.05) is 0 Å². The first-order valence-electron chi connectivity index (χ1n) is 6.10. The smallest absolute Gasteiger partial charge is 0.119 e. The third-order valence-corrected chi connectivity index (χ3v) is 3.86. The van der Waals surface area contributed by atoms with Gasteiger partial charge in [-0.05, 0) is 60.9 Å². The summed E-state index contributed by atoms with van der Waals surface area (Å²) in [5.74, 6) is 2.34. The Balaban J connectivity index is 2.18. The molecule has 88 valence electrons. The van der Waals surface area contributed by atoms with Crippen molar-refractivity contribution < 1.29 is 4.74 Å². The minimum absolute atomic E-state index is 0.624. The van der Waals surface area contributed by atoms with Crippen molar-refractivity contribution in [3.63, 3.8) is 0 Å². The highest BCUT2D eigenvalue weighted by Crippen LogP contribution is 2.31. The molecule has 0 aliphatic heterocycles. The van der Waals surface area contributed by atoms with E-state index >= 15 is 0 Å². The predicted molar refractivity (Wildman–Crippen MR) is 66.7 cm³/mol. The zero-order chi connectivity index (χ0) is 11.5. The minimum atomic E-state index is 0.624. The quantitative estimate of drug-likeness (QED) is 0.847. The van der Waals surface area contributed by atoms with Crippen molar-refractivity contribution in [2.24, 2.45) is 17.6 Å². The third kappa shape index (κ3) is 2.22. The Kier molecular flexibility index (Phi) is 3.49. The summed E-state index contributed by atoms with van der Waals surface area (Å²) in [4.78, 5) is 0. The van der Waals surface area contributed by atoms with Crippen LogP contribution < -0.4 is 10.5 Å². The molecule has 0 aromatic heterocycles. The largest absolute Gasteiger partial charge is 0.497 e. The van der Waals surface area contributed by atoms with Gasteiger partial charge in [-0.3, -0.25) is 0 Å². The molecule has 0 amide bonds. The molecule has 0 radical (unpaired) electrons. The van der Waals surface area contributed by atoms with Crippen molar-refractivity contribution in [3.05, 3.63) is 29.3 Å². The minimum Gasteiger partial charge on any atom is -0.497 e. The van der Waals surface area contributed by atoms with Crippen molar-refractivity contribution in [2.75, 3.05) is 13.7 Å². The van der Waals surface area contributed by atoms with Gasteiger partial charge in [-0.25, -0.2) is 0 Å². The number of hydrogen-bond acceptors (Lipinski definition) is 2. The van der Waals surface area contributed by atoms with Gasteiger partial charge in [-0.2, -0.15) is 0 Å². The second-order valence-corrected chi connectivity index (χ2v) is 4.85. The van der Waals surface area contributed by atoms with Crippen LogP contribution >= 0.6 is 0 Å². The summed E-state index contributed by atoms with van der Waals surface area (Å²) in [6.07, 6.45) is 3.62. The number of methoxy groups -OCH3 is 1. The van der Waals surface area contributed by atoms with E-state index < -0.39 is 0 Å². The molecule has 1 aliphatic rings. The lowest BCUT2D eigenvalue weighted by atomic mass is 9.77. The van der Waals surface area contributed by atoms with Crippen LogP contribution in [0, 0.1) is 11.8 Å². The Labute approximate surface area is 97.8 Å². The van der Waals surface area contributed by atoms with E-state index in [1.54, 1.807) is 7.11 Å². The number of fused-ring (bicyclic) bond motifs is 1. The van der Waals surface area contributed by atoms with Crippen molar-refractivity contribution in [2.45, 2.75) is 26.2 Å². The lowest BCUT2D eigenvalue weighted by molar-refractivity contribution is 0.326. The third-order valence-electron chi connectivity index (χ3n) is 3.86.